The first kappa shape index (κ1) is 24.8. The van der Waals surface area contributed by atoms with Crippen LogP contribution in [0.25, 0.3) is 0 Å². The first-order valence-electron chi connectivity index (χ1n) is 11.0. The highest BCUT2D eigenvalue weighted by molar-refractivity contribution is 5.99. The number of carboxylic acids is 1. The molecule has 0 radical (unpaired) electrons. The summed E-state index contributed by atoms with van der Waals surface area (Å²) in [5.74, 6) is -2.22. The lowest BCUT2D eigenvalue weighted by Crippen LogP contribution is -2.47. The van der Waals surface area contributed by atoms with Crippen molar-refractivity contribution >= 4 is 23.7 Å². The Morgan fingerprint density at radius 1 is 1.03 bits per heavy atom. The van der Waals surface area contributed by atoms with Gasteiger partial charge in [-0.2, -0.15) is 0 Å². The van der Waals surface area contributed by atoms with Gasteiger partial charge in [-0.15, -0.1) is 0 Å². The summed E-state index contributed by atoms with van der Waals surface area (Å²) in [6, 6.07) is 14.6. The number of para-hydroxylation sites is 1. The minimum absolute atomic E-state index is 0.0987. The number of ether oxygens (including phenoxy) is 1. The van der Waals surface area contributed by atoms with Crippen LogP contribution in [0.5, 0.6) is 5.75 Å². The van der Waals surface area contributed by atoms with E-state index in [9.17, 15) is 24.3 Å². The Morgan fingerprint density at radius 2 is 1.71 bits per heavy atom. The molecule has 9 heteroatoms. The second kappa shape index (κ2) is 11.3. The van der Waals surface area contributed by atoms with Crippen molar-refractivity contribution in [2.24, 2.45) is 0 Å². The lowest BCUT2D eigenvalue weighted by atomic mass is 10.1. The van der Waals surface area contributed by atoms with Gasteiger partial charge in [-0.25, -0.2) is 4.79 Å². The van der Waals surface area contributed by atoms with Crippen LogP contribution >= 0.6 is 0 Å². The molecule has 0 aliphatic carbocycles. The van der Waals surface area contributed by atoms with E-state index in [0.717, 1.165) is 5.56 Å². The molecule has 0 fully saturated rings. The molecule has 3 rings (SSSR count). The van der Waals surface area contributed by atoms with E-state index in [-0.39, 0.29) is 55.2 Å². The number of nitrogens with one attached hydrogen (secondary N) is 1. The fourth-order valence-corrected chi connectivity index (χ4v) is 3.72. The topological polar surface area (TPSA) is 116 Å². The van der Waals surface area contributed by atoms with Crippen molar-refractivity contribution < 1.29 is 29.0 Å². The molecule has 2 aromatic rings. The molecule has 0 saturated carbocycles. The molecule has 1 heterocycles. The van der Waals surface area contributed by atoms with Gasteiger partial charge < -0.3 is 25.0 Å². The second-order valence-electron chi connectivity index (χ2n) is 8.31. The van der Waals surface area contributed by atoms with Crippen molar-refractivity contribution in [1.29, 1.82) is 0 Å². The fraction of sp³-hybridized carbons (Fsp3) is 0.360. The van der Waals surface area contributed by atoms with Gasteiger partial charge in [-0.3, -0.25) is 14.4 Å². The number of hydrogen-bond acceptors (Lipinski definition) is 5. The van der Waals surface area contributed by atoms with Crippen LogP contribution in [0.15, 0.2) is 54.6 Å². The Morgan fingerprint density at radius 3 is 2.41 bits per heavy atom. The number of aliphatic carboxylic acids is 1. The molecular weight excluding hydrogens is 438 g/mol. The van der Waals surface area contributed by atoms with Crippen LogP contribution in [0.3, 0.4) is 0 Å². The third-order valence-corrected chi connectivity index (χ3v) is 5.87. The molecule has 2 aromatic carbocycles. The SMILES string of the molecule is CN1CC(=O)N(C)[C@H](Cc2ccccc2)COc2ccccc2C(=O)N[C@H](C(=O)O)CCC1=O. The van der Waals surface area contributed by atoms with Gasteiger partial charge in [0.1, 0.15) is 18.4 Å². The van der Waals surface area contributed by atoms with Crippen LogP contribution in [0, 0.1) is 0 Å². The zero-order chi connectivity index (χ0) is 24.7. The van der Waals surface area contributed by atoms with Crippen LogP contribution < -0.4 is 10.1 Å². The molecule has 3 amide bonds. The van der Waals surface area contributed by atoms with Crippen LogP contribution in [0.1, 0.15) is 28.8 Å². The number of amides is 3. The molecule has 0 aromatic heterocycles. The van der Waals surface area contributed by atoms with Gasteiger partial charge in [-0.05, 0) is 30.5 Å². The highest BCUT2D eigenvalue weighted by Gasteiger charge is 2.27. The smallest absolute Gasteiger partial charge is 0.326 e. The molecule has 2 N–H and O–H groups in total. The van der Waals surface area contributed by atoms with E-state index in [1.54, 1.807) is 36.2 Å². The summed E-state index contributed by atoms with van der Waals surface area (Å²) in [6.07, 6.45) is 0.278. The molecule has 2 atom stereocenters. The summed E-state index contributed by atoms with van der Waals surface area (Å²) in [6.45, 7) is -0.0528. The number of nitrogens with zero attached hydrogens (tertiary/aromatic N) is 2. The summed E-state index contributed by atoms with van der Waals surface area (Å²) >= 11 is 0. The monoisotopic (exact) mass is 467 g/mol. The Bertz CT molecular complexity index is 1040. The highest BCUT2D eigenvalue weighted by Crippen LogP contribution is 2.20. The molecule has 1 aliphatic heterocycles. The summed E-state index contributed by atoms with van der Waals surface area (Å²) < 4.78 is 6.00. The quantitative estimate of drug-likeness (QED) is 0.708. The lowest BCUT2D eigenvalue weighted by Gasteiger charge is -2.30. The van der Waals surface area contributed by atoms with Crippen LogP contribution in [0.4, 0.5) is 0 Å². The Kier molecular flexibility index (Phi) is 8.24. The van der Waals surface area contributed by atoms with E-state index in [1.165, 1.54) is 11.9 Å². The van der Waals surface area contributed by atoms with Crippen LogP contribution in [-0.4, -0.2) is 77.9 Å². The molecule has 0 spiro atoms. The van der Waals surface area contributed by atoms with Crippen molar-refractivity contribution in [3.05, 3.63) is 65.7 Å². The number of rotatable bonds is 3. The molecule has 9 nitrogen and oxygen atoms in total. The molecule has 180 valence electrons. The van der Waals surface area contributed by atoms with Gasteiger partial charge in [0.15, 0.2) is 0 Å². The summed E-state index contributed by atoms with van der Waals surface area (Å²) in [4.78, 5) is 52.9. The molecule has 1 aliphatic rings. The number of benzene rings is 2. The van der Waals surface area contributed by atoms with Gasteiger partial charge in [0.2, 0.25) is 11.8 Å². The predicted molar refractivity (Wildman–Crippen MR) is 124 cm³/mol. The van der Waals surface area contributed by atoms with Crippen molar-refractivity contribution in [2.45, 2.75) is 31.3 Å². The minimum atomic E-state index is -1.26. The Labute approximate surface area is 198 Å². The first-order chi connectivity index (χ1) is 16.3. The average Bonchev–Trinajstić information content (AvgIpc) is 2.83. The van der Waals surface area contributed by atoms with Crippen molar-refractivity contribution in [1.82, 2.24) is 15.1 Å². The zero-order valence-corrected chi connectivity index (χ0v) is 19.3. The summed E-state index contributed by atoms with van der Waals surface area (Å²) in [7, 11) is 3.16. The second-order valence-corrected chi connectivity index (χ2v) is 8.31. The van der Waals surface area contributed by atoms with Gasteiger partial charge in [0.25, 0.3) is 5.91 Å². The van der Waals surface area contributed by atoms with E-state index < -0.39 is 17.9 Å². The lowest BCUT2D eigenvalue weighted by molar-refractivity contribution is -0.141. The largest absolute Gasteiger partial charge is 0.491 e. The standard InChI is InChI=1S/C25H29N3O6/c1-27-15-23(30)28(2)18(14-17-8-4-3-5-9-17)16-34-21-11-7-6-10-19(21)24(31)26-20(25(32)33)12-13-22(27)29/h3-11,18,20H,12-16H2,1-2H3,(H,26,31)(H,32,33)/t18-,20+/m1/s1. The average molecular weight is 468 g/mol. The van der Waals surface area contributed by atoms with Crippen molar-refractivity contribution in [2.75, 3.05) is 27.2 Å². The van der Waals surface area contributed by atoms with Gasteiger partial charge >= 0.3 is 5.97 Å². The molecular formula is C25H29N3O6. The normalized spacial score (nSPS) is 20.5. The van der Waals surface area contributed by atoms with Crippen LogP contribution in [-0.2, 0) is 20.8 Å². The molecule has 34 heavy (non-hydrogen) atoms. The van der Waals surface area contributed by atoms with Gasteiger partial charge in [0.05, 0.1) is 18.2 Å². The third-order valence-electron chi connectivity index (χ3n) is 5.87. The van der Waals surface area contributed by atoms with Crippen molar-refractivity contribution in [3.8, 4) is 5.75 Å². The fourth-order valence-electron chi connectivity index (χ4n) is 3.72. The van der Waals surface area contributed by atoms with Gasteiger partial charge in [0, 0.05) is 20.5 Å². The van der Waals surface area contributed by atoms with E-state index >= 15 is 0 Å². The molecule has 0 unspecified atom stereocenters. The number of carbonyl (C=O) groups excluding carboxylic acids is 3. The van der Waals surface area contributed by atoms with E-state index in [2.05, 4.69) is 5.32 Å². The highest BCUT2D eigenvalue weighted by atomic mass is 16.5. The summed E-state index contributed by atoms with van der Waals surface area (Å²) in [5, 5.41) is 12.0. The first-order valence-corrected chi connectivity index (χ1v) is 11.0. The predicted octanol–water partition coefficient (Wildman–Crippen LogP) is 1.57. The Balaban J connectivity index is 1.94. The van der Waals surface area contributed by atoms with Crippen LogP contribution in [0.2, 0.25) is 0 Å². The number of carbonyl (C=O) groups is 4. The summed E-state index contributed by atoms with van der Waals surface area (Å²) in [5.41, 5.74) is 1.19. The Hall–Kier alpha value is -3.88. The zero-order valence-electron chi connectivity index (χ0n) is 19.3. The molecule has 0 bridgehead atoms. The van der Waals surface area contributed by atoms with E-state index in [1.807, 2.05) is 30.3 Å². The number of hydrogen-bond donors (Lipinski definition) is 2. The van der Waals surface area contributed by atoms with E-state index in [0.29, 0.717) is 6.42 Å². The number of likely N-dealkylation sites (N-methyl/N-ethyl adjacent to an activating group) is 2. The number of carboxylic acid groups (broad SMARTS) is 1. The number of fused-ring (bicyclic) bond motifs is 1. The van der Waals surface area contributed by atoms with Gasteiger partial charge in [-0.1, -0.05) is 42.5 Å². The maximum absolute atomic E-state index is 13.0. The maximum atomic E-state index is 13.0. The third kappa shape index (κ3) is 6.34. The molecule has 0 saturated heterocycles. The van der Waals surface area contributed by atoms with E-state index in [4.69, 9.17) is 4.74 Å². The maximum Gasteiger partial charge on any atom is 0.326 e. The van der Waals surface area contributed by atoms with Crippen molar-refractivity contribution in [3.63, 3.8) is 0 Å². The minimum Gasteiger partial charge on any atom is -0.491 e.